The molecule has 0 unspecified atom stereocenters. The van der Waals surface area contributed by atoms with Crippen molar-refractivity contribution in [1.29, 1.82) is 0 Å². The molecule has 0 aliphatic carbocycles. The second-order valence-corrected chi connectivity index (χ2v) is 6.99. The van der Waals surface area contributed by atoms with Crippen molar-refractivity contribution in [3.63, 3.8) is 0 Å². The van der Waals surface area contributed by atoms with Crippen LogP contribution in [0.3, 0.4) is 0 Å². The molecule has 2 aromatic rings. The van der Waals surface area contributed by atoms with Gasteiger partial charge in [-0.15, -0.1) is 0 Å². The van der Waals surface area contributed by atoms with Gasteiger partial charge in [0.05, 0.1) is 7.11 Å². The first-order chi connectivity index (χ1) is 12.3. The van der Waals surface area contributed by atoms with Gasteiger partial charge in [0, 0.05) is 23.8 Å². The number of rotatable bonds is 6. The van der Waals surface area contributed by atoms with Crippen LogP contribution in [0.15, 0.2) is 42.6 Å². The lowest BCUT2D eigenvalue weighted by Gasteiger charge is -2.20. The summed E-state index contributed by atoms with van der Waals surface area (Å²) in [6, 6.07) is 10.8. The van der Waals surface area contributed by atoms with Crippen LogP contribution in [-0.4, -0.2) is 36.0 Å². The first kappa shape index (κ1) is 19.4. The van der Waals surface area contributed by atoms with E-state index in [0.29, 0.717) is 18.5 Å². The quantitative estimate of drug-likeness (QED) is 0.835. The van der Waals surface area contributed by atoms with Gasteiger partial charge in [0.25, 0.3) is 11.8 Å². The van der Waals surface area contributed by atoms with Crippen LogP contribution in [0.25, 0.3) is 0 Å². The normalized spacial score (nSPS) is 10.9. The minimum absolute atomic E-state index is 0.225. The zero-order valence-corrected chi connectivity index (χ0v) is 15.6. The van der Waals surface area contributed by atoms with Crippen molar-refractivity contribution in [2.24, 2.45) is 0 Å². The lowest BCUT2D eigenvalue weighted by Crippen LogP contribution is -2.41. The Labute approximate surface area is 154 Å². The molecule has 0 bridgehead atoms. The summed E-state index contributed by atoms with van der Waals surface area (Å²) in [4.78, 5) is 28.5. The SMILES string of the molecule is COc1ccc(CCNC(=O)c2ccnc(C(=O)NC(C)(C)C)c2)cc1. The Morgan fingerprint density at radius 3 is 2.38 bits per heavy atom. The molecule has 0 fully saturated rings. The summed E-state index contributed by atoms with van der Waals surface area (Å²) in [5, 5.41) is 5.69. The van der Waals surface area contributed by atoms with Gasteiger partial charge in [0.15, 0.2) is 0 Å². The Hall–Kier alpha value is -2.89. The number of hydrogen-bond donors (Lipinski definition) is 2. The van der Waals surface area contributed by atoms with Crippen molar-refractivity contribution in [1.82, 2.24) is 15.6 Å². The number of methoxy groups -OCH3 is 1. The zero-order valence-electron chi connectivity index (χ0n) is 15.6. The molecule has 2 N–H and O–H groups in total. The number of hydrogen-bond acceptors (Lipinski definition) is 4. The molecule has 1 aromatic carbocycles. The van der Waals surface area contributed by atoms with Gasteiger partial charge in [-0.1, -0.05) is 12.1 Å². The van der Waals surface area contributed by atoms with Crippen LogP contribution in [0, 0.1) is 0 Å². The number of nitrogens with zero attached hydrogens (tertiary/aromatic N) is 1. The topological polar surface area (TPSA) is 80.3 Å². The molecule has 6 heteroatoms. The summed E-state index contributed by atoms with van der Waals surface area (Å²) in [6.07, 6.45) is 2.17. The van der Waals surface area contributed by atoms with E-state index in [4.69, 9.17) is 4.74 Å². The van der Waals surface area contributed by atoms with Crippen LogP contribution >= 0.6 is 0 Å². The lowest BCUT2D eigenvalue weighted by molar-refractivity contribution is 0.0914. The number of pyridine rings is 1. The summed E-state index contributed by atoms with van der Waals surface area (Å²) >= 11 is 0. The first-order valence-electron chi connectivity index (χ1n) is 8.48. The molecule has 0 saturated heterocycles. The minimum Gasteiger partial charge on any atom is -0.497 e. The van der Waals surface area contributed by atoms with Gasteiger partial charge in [-0.3, -0.25) is 14.6 Å². The summed E-state index contributed by atoms with van der Waals surface area (Å²) in [5.41, 5.74) is 1.37. The highest BCUT2D eigenvalue weighted by molar-refractivity contribution is 5.98. The van der Waals surface area contributed by atoms with Gasteiger partial charge in [-0.05, 0) is 57.0 Å². The Morgan fingerprint density at radius 2 is 1.77 bits per heavy atom. The fraction of sp³-hybridized carbons (Fsp3) is 0.350. The third-order valence-corrected chi connectivity index (χ3v) is 3.60. The molecule has 2 rings (SSSR count). The molecule has 1 heterocycles. The van der Waals surface area contributed by atoms with Crippen LogP contribution < -0.4 is 15.4 Å². The van der Waals surface area contributed by atoms with E-state index in [1.807, 2.05) is 45.0 Å². The summed E-state index contributed by atoms with van der Waals surface area (Å²) < 4.78 is 5.12. The van der Waals surface area contributed by atoms with E-state index in [0.717, 1.165) is 11.3 Å². The summed E-state index contributed by atoms with van der Waals surface area (Å²) in [6.45, 7) is 6.17. The molecule has 26 heavy (non-hydrogen) atoms. The van der Waals surface area contributed by atoms with Crippen molar-refractivity contribution >= 4 is 11.8 Å². The minimum atomic E-state index is -0.366. The van der Waals surface area contributed by atoms with E-state index in [-0.39, 0.29) is 23.0 Å². The molecule has 0 aliphatic heterocycles. The number of amides is 2. The smallest absolute Gasteiger partial charge is 0.270 e. The third kappa shape index (κ3) is 5.88. The predicted octanol–water partition coefficient (Wildman–Crippen LogP) is 2.59. The fourth-order valence-electron chi connectivity index (χ4n) is 2.32. The van der Waals surface area contributed by atoms with Crippen LogP contribution in [-0.2, 0) is 6.42 Å². The maximum absolute atomic E-state index is 12.3. The third-order valence-electron chi connectivity index (χ3n) is 3.60. The van der Waals surface area contributed by atoms with E-state index in [2.05, 4.69) is 15.6 Å². The standard InChI is InChI=1S/C20H25N3O3/c1-20(2,3)23-19(25)17-13-15(10-12-21-17)18(24)22-11-9-14-5-7-16(26-4)8-6-14/h5-8,10,12-13H,9,11H2,1-4H3,(H,22,24)(H,23,25). The van der Waals surface area contributed by atoms with E-state index < -0.39 is 0 Å². The fourth-order valence-corrected chi connectivity index (χ4v) is 2.32. The number of benzene rings is 1. The molecule has 2 amide bonds. The first-order valence-corrected chi connectivity index (χ1v) is 8.48. The molecular formula is C20H25N3O3. The Bertz CT molecular complexity index is 765. The summed E-state index contributed by atoms with van der Waals surface area (Å²) in [7, 11) is 1.62. The van der Waals surface area contributed by atoms with Crippen LogP contribution in [0.1, 0.15) is 47.2 Å². The van der Waals surface area contributed by atoms with E-state index in [1.54, 1.807) is 13.2 Å². The van der Waals surface area contributed by atoms with Gasteiger partial charge in [0.2, 0.25) is 0 Å². The van der Waals surface area contributed by atoms with Gasteiger partial charge < -0.3 is 15.4 Å². The highest BCUT2D eigenvalue weighted by Gasteiger charge is 2.17. The molecule has 138 valence electrons. The second-order valence-electron chi connectivity index (χ2n) is 6.99. The van der Waals surface area contributed by atoms with Gasteiger partial charge >= 0.3 is 0 Å². The molecule has 6 nitrogen and oxygen atoms in total. The monoisotopic (exact) mass is 355 g/mol. The molecule has 0 radical (unpaired) electrons. The number of carbonyl (C=O) groups is 2. The van der Waals surface area contributed by atoms with Gasteiger partial charge in [-0.25, -0.2) is 0 Å². The van der Waals surface area contributed by atoms with E-state index in [9.17, 15) is 9.59 Å². The average molecular weight is 355 g/mol. The zero-order chi connectivity index (χ0) is 19.2. The molecule has 0 saturated carbocycles. The Kier molecular flexibility index (Phi) is 6.33. The Morgan fingerprint density at radius 1 is 1.08 bits per heavy atom. The highest BCUT2D eigenvalue weighted by atomic mass is 16.5. The number of ether oxygens (including phenoxy) is 1. The van der Waals surface area contributed by atoms with Crippen LogP contribution in [0.4, 0.5) is 0 Å². The maximum Gasteiger partial charge on any atom is 0.270 e. The lowest BCUT2D eigenvalue weighted by atomic mass is 10.1. The largest absolute Gasteiger partial charge is 0.497 e. The van der Waals surface area contributed by atoms with Gasteiger partial charge in [0.1, 0.15) is 11.4 Å². The maximum atomic E-state index is 12.3. The van der Waals surface area contributed by atoms with E-state index in [1.165, 1.54) is 12.3 Å². The summed E-state index contributed by atoms with van der Waals surface area (Å²) in [5.74, 6) is 0.270. The Balaban J connectivity index is 1.92. The molecular weight excluding hydrogens is 330 g/mol. The number of carbonyl (C=O) groups excluding carboxylic acids is 2. The predicted molar refractivity (Wildman–Crippen MR) is 100 cm³/mol. The highest BCUT2D eigenvalue weighted by Crippen LogP contribution is 2.11. The second kappa shape index (κ2) is 8.47. The van der Waals surface area contributed by atoms with Gasteiger partial charge in [-0.2, -0.15) is 0 Å². The molecule has 0 atom stereocenters. The van der Waals surface area contributed by atoms with Crippen molar-refractivity contribution in [3.05, 3.63) is 59.4 Å². The van der Waals surface area contributed by atoms with Crippen LogP contribution in [0.5, 0.6) is 5.75 Å². The molecule has 0 aliphatic rings. The number of aromatic nitrogens is 1. The van der Waals surface area contributed by atoms with Crippen molar-refractivity contribution in [2.75, 3.05) is 13.7 Å². The van der Waals surface area contributed by atoms with Crippen molar-refractivity contribution in [3.8, 4) is 5.75 Å². The van der Waals surface area contributed by atoms with Crippen LogP contribution in [0.2, 0.25) is 0 Å². The van der Waals surface area contributed by atoms with Crippen molar-refractivity contribution in [2.45, 2.75) is 32.7 Å². The van der Waals surface area contributed by atoms with Crippen molar-refractivity contribution < 1.29 is 14.3 Å². The molecule has 0 spiro atoms. The average Bonchev–Trinajstić information content (AvgIpc) is 2.61. The number of nitrogens with one attached hydrogen (secondary N) is 2. The van der Waals surface area contributed by atoms with E-state index >= 15 is 0 Å². The molecule has 1 aromatic heterocycles.